The van der Waals surface area contributed by atoms with Gasteiger partial charge >= 0.3 is 0 Å². The van der Waals surface area contributed by atoms with Crippen molar-refractivity contribution in [3.05, 3.63) is 60.7 Å². The minimum Gasteiger partial charge on any atom is -0.189 e. The van der Waals surface area contributed by atoms with Gasteiger partial charge in [-0.05, 0) is 45.6 Å². The summed E-state index contributed by atoms with van der Waals surface area (Å²) >= 11 is 0. The molecule has 19 heavy (non-hydrogen) atoms. The van der Waals surface area contributed by atoms with Gasteiger partial charge in [0.2, 0.25) is 0 Å². The standard InChI is InChI=1S/C16H18B2S/c17-11-13-19(14-12-18,15-7-3-1-4-8-15)16-9-5-2-6-10-16/h1-10H,11-14H2. The van der Waals surface area contributed by atoms with Gasteiger partial charge in [0.15, 0.2) is 0 Å². The topological polar surface area (TPSA) is 0 Å². The Labute approximate surface area is 120 Å². The van der Waals surface area contributed by atoms with E-state index in [1.54, 1.807) is 0 Å². The van der Waals surface area contributed by atoms with Crippen LogP contribution in [0.3, 0.4) is 0 Å². The van der Waals surface area contributed by atoms with Gasteiger partial charge in [-0.2, -0.15) is 10.0 Å². The summed E-state index contributed by atoms with van der Waals surface area (Å²) in [5.74, 6) is 2.00. The SMILES string of the molecule is [B]CCS(CC[B])(c1ccccc1)c1ccccc1. The van der Waals surface area contributed by atoms with Gasteiger partial charge < -0.3 is 0 Å². The van der Waals surface area contributed by atoms with Crippen molar-refractivity contribution >= 4 is 25.7 Å². The summed E-state index contributed by atoms with van der Waals surface area (Å²) in [5.41, 5.74) is 0. The molecule has 0 heterocycles. The van der Waals surface area contributed by atoms with Crippen LogP contribution in [0.2, 0.25) is 12.6 Å². The molecule has 0 saturated carbocycles. The van der Waals surface area contributed by atoms with Crippen molar-refractivity contribution in [3.8, 4) is 0 Å². The van der Waals surface area contributed by atoms with Gasteiger partial charge in [-0.15, -0.1) is 0 Å². The lowest BCUT2D eigenvalue weighted by Crippen LogP contribution is -2.11. The van der Waals surface area contributed by atoms with E-state index in [0.717, 1.165) is 11.5 Å². The Kier molecular flexibility index (Phi) is 5.21. The molecule has 0 spiro atoms. The van der Waals surface area contributed by atoms with Crippen LogP contribution in [0.5, 0.6) is 0 Å². The molecule has 0 unspecified atom stereocenters. The fraction of sp³-hybridized carbons (Fsp3) is 0.250. The van der Waals surface area contributed by atoms with Gasteiger partial charge in [-0.1, -0.05) is 49.0 Å². The lowest BCUT2D eigenvalue weighted by molar-refractivity contribution is 1.26. The molecule has 0 aromatic heterocycles. The highest BCUT2D eigenvalue weighted by atomic mass is 32.3. The van der Waals surface area contributed by atoms with E-state index in [9.17, 15) is 0 Å². The van der Waals surface area contributed by atoms with Crippen LogP contribution in [0, 0.1) is 0 Å². The van der Waals surface area contributed by atoms with Gasteiger partial charge in [-0.25, -0.2) is 0 Å². The Morgan fingerprint density at radius 3 is 1.32 bits per heavy atom. The van der Waals surface area contributed by atoms with Crippen LogP contribution in [-0.2, 0) is 0 Å². The maximum Gasteiger partial charge on any atom is 0.0663 e. The molecule has 94 valence electrons. The lowest BCUT2D eigenvalue weighted by atomic mass is 10.1. The molecule has 0 amide bonds. The number of hydrogen-bond acceptors (Lipinski definition) is 0. The van der Waals surface area contributed by atoms with E-state index in [0.29, 0.717) is 12.6 Å². The summed E-state index contributed by atoms with van der Waals surface area (Å²) < 4.78 is 0. The van der Waals surface area contributed by atoms with E-state index in [-0.39, 0.29) is 0 Å². The predicted molar refractivity (Wildman–Crippen MR) is 87.9 cm³/mol. The Morgan fingerprint density at radius 2 is 1.00 bits per heavy atom. The van der Waals surface area contributed by atoms with Crippen molar-refractivity contribution in [2.75, 3.05) is 11.5 Å². The molecule has 0 N–H and O–H groups in total. The summed E-state index contributed by atoms with van der Waals surface area (Å²) in [6.45, 7) is 0. The normalized spacial score (nSPS) is 12.2. The van der Waals surface area contributed by atoms with Crippen LogP contribution in [0.1, 0.15) is 0 Å². The third-order valence-electron chi connectivity index (χ3n) is 3.32. The van der Waals surface area contributed by atoms with E-state index in [1.165, 1.54) is 9.79 Å². The second kappa shape index (κ2) is 6.91. The molecule has 2 aromatic carbocycles. The second-order valence-corrected chi connectivity index (χ2v) is 8.02. The van der Waals surface area contributed by atoms with Crippen molar-refractivity contribution < 1.29 is 0 Å². The van der Waals surface area contributed by atoms with Crippen LogP contribution in [-0.4, -0.2) is 27.2 Å². The fourth-order valence-electron chi connectivity index (χ4n) is 2.47. The van der Waals surface area contributed by atoms with Crippen molar-refractivity contribution in [1.29, 1.82) is 0 Å². The zero-order valence-corrected chi connectivity index (χ0v) is 12.0. The van der Waals surface area contributed by atoms with E-state index >= 15 is 0 Å². The van der Waals surface area contributed by atoms with Gasteiger partial charge in [0.25, 0.3) is 0 Å². The van der Waals surface area contributed by atoms with Crippen molar-refractivity contribution in [2.45, 2.75) is 22.4 Å². The van der Waals surface area contributed by atoms with Crippen molar-refractivity contribution in [2.24, 2.45) is 0 Å². The van der Waals surface area contributed by atoms with Gasteiger partial charge in [-0.3, -0.25) is 0 Å². The van der Waals surface area contributed by atoms with Crippen molar-refractivity contribution in [1.82, 2.24) is 0 Å². The average molecular weight is 264 g/mol. The third kappa shape index (κ3) is 3.09. The Morgan fingerprint density at radius 1 is 0.632 bits per heavy atom. The van der Waals surface area contributed by atoms with E-state index in [1.807, 2.05) is 0 Å². The first kappa shape index (κ1) is 14.3. The molecule has 0 aliphatic rings. The minimum atomic E-state index is -1.10. The molecule has 0 nitrogen and oxygen atoms in total. The highest BCUT2D eigenvalue weighted by Crippen LogP contribution is 2.62. The average Bonchev–Trinajstić information content (AvgIpc) is 2.49. The smallest absolute Gasteiger partial charge is 0.0663 e. The second-order valence-electron chi connectivity index (χ2n) is 4.50. The lowest BCUT2D eigenvalue weighted by Gasteiger charge is -2.41. The molecule has 0 aliphatic carbocycles. The van der Waals surface area contributed by atoms with Gasteiger partial charge in [0.05, 0.1) is 15.7 Å². The monoisotopic (exact) mass is 264 g/mol. The van der Waals surface area contributed by atoms with Gasteiger partial charge in [0.1, 0.15) is 0 Å². The molecule has 0 atom stereocenters. The summed E-state index contributed by atoms with van der Waals surface area (Å²) in [6, 6.07) is 21.4. The molecule has 3 heteroatoms. The van der Waals surface area contributed by atoms with Gasteiger partial charge in [0, 0.05) is 0 Å². The van der Waals surface area contributed by atoms with E-state index < -0.39 is 10.0 Å². The number of rotatable bonds is 6. The Bertz CT molecular complexity index is 437. The molecule has 0 bridgehead atoms. The molecule has 2 aromatic rings. The molecular weight excluding hydrogens is 246 g/mol. The van der Waals surface area contributed by atoms with Crippen LogP contribution in [0.4, 0.5) is 0 Å². The van der Waals surface area contributed by atoms with E-state index in [2.05, 4.69) is 60.7 Å². The molecule has 0 saturated heterocycles. The quantitative estimate of drug-likeness (QED) is 0.689. The summed E-state index contributed by atoms with van der Waals surface area (Å²) in [4.78, 5) is 2.77. The zero-order chi connectivity index (χ0) is 13.6. The van der Waals surface area contributed by atoms with Crippen LogP contribution in [0.25, 0.3) is 0 Å². The molecular formula is C16H18B2S. The van der Waals surface area contributed by atoms with Crippen LogP contribution < -0.4 is 0 Å². The molecule has 0 fully saturated rings. The summed E-state index contributed by atoms with van der Waals surface area (Å²) in [6.07, 6.45) is 1.39. The Hall–Kier alpha value is -1.08. The van der Waals surface area contributed by atoms with Crippen LogP contribution >= 0.6 is 10.0 Å². The van der Waals surface area contributed by atoms with E-state index in [4.69, 9.17) is 15.7 Å². The number of benzene rings is 2. The predicted octanol–water partition coefficient (Wildman–Crippen LogP) is 4.08. The fourth-order valence-corrected chi connectivity index (χ4v) is 6.05. The summed E-state index contributed by atoms with van der Waals surface area (Å²) in [5, 5.41) is 0. The zero-order valence-electron chi connectivity index (χ0n) is 11.2. The van der Waals surface area contributed by atoms with Crippen molar-refractivity contribution in [3.63, 3.8) is 0 Å². The molecule has 4 radical (unpaired) electrons. The maximum atomic E-state index is 5.90. The highest BCUT2D eigenvalue weighted by molar-refractivity contribution is 8.33. The Balaban J connectivity index is 2.54. The summed E-state index contributed by atoms with van der Waals surface area (Å²) in [7, 11) is 10.7. The maximum absolute atomic E-state index is 5.90. The highest BCUT2D eigenvalue weighted by Gasteiger charge is 2.26. The first-order valence-corrected chi connectivity index (χ1v) is 8.59. The third-order valence-corrected chi connectivity index (χ3v) is 7.54. The number of hydrogen-bond donors (Lipinski definition) is 0. The molecule has 2 rings (SSSR count). The largest absolute Gasteiger partial charge is 0.189 e. The first-order valence-electron chi connectivity index (χ1n) is 6.62. The minimum absolute atomic E-state index is 0.694. The molecule has 0 aliphatic heterocycles. The van der Waals surface area contributed by atoms with Crippen LogP contribution in [0.15, 0.2) is 70.5 Å². The first-order chi connectivity index (χ1) is 9.33.